The highest BCUT2D eigenvalue weighted by Gasteiger charge is 2.31. The second-order valence-corrected chi connectivity index (χ2v) is 6.57. The van der Waals surface area contributed by atoms with E-state index in [2.05, 4.69) is 5.32 Å². The standard InChI is InChI=1S/C14H19NO4S/c1-14(8-19-2,7-12(16)17)15-13(18)11-6-9-4-3-5-10(9)20-11/h6H,3-5,7-8H2,1-2H3,(H,15,18)(H,16,17). The molecule has 1 aliphatic carbocycles. The summed E-state index contributed by atoms with van der Waals surface area (Å²) < 4.78 is 5.03. The quantitative estimate of drug-likeness (QED) is 0.840. The van der Waals surface area contributed by atoms with Crippen molar-refractivity contribution in [2.24, 2.45) is 0 Å². The summed E-state index contributed by atoms with van der Waals surface area (Å²) in [7, 11) is 1.49. The van der Waals surface area contributed by atoms with Crippen molar-refractivity contribution in [1.82, 2.24) is 5.32 Å². The van der Waals surface area contributed by atoms with Crippen molar-refractivity contribution in [3.8, 4) is 0 Å². The third kappa shape index (κ3) is 3.37. The first kappa shape index (κ1) is 15.0. The summed E-state index contributed by atoms with van der Waals surface area (Å²) in [6.45, 7) is 1.85. The predicted molar refractivity (Wildman–Crippen MR) is 76.3 cm³/mol. The number of amides is 1. The van der Waals surface area contributed by atoms with Crippen LogP contribution in [-0.4, -0.2) is 36.2 Å². The third-order valence-electron chi connectivity index (χ3n) is 3.39. The van der Waals surface area contributed by atoms with Gasteiger partial charge in [0.15, 0.2) is 0 Å². The Morgan fingerprint density at radius 2 is 2.25 bits per heavy atom. The lowest BCUT2D eigenvalue weighted by Crippen LogP contribution is -2.50. The summed E-state index contributed by atoms with van der Waals surface area (Å²) in [5, 5.41) is 11.7. The number of hydrogen-bond donors (Lipinski definition) is 2. The molecule has 1 aliphatic rings. The minimum atomic E-state index is -0.960. The molecule has 2 N–H and O–H groups in total. The van der Waals surface area contributed by atoms with E-state index in [1.165, 1.54) is 28.9 Å². The maximum atomic E-state index is 12.3. The number of rotatable bonds is 6. The molecule has 1 amide bonds. The fraction of sp³-hybridized carbons (Fsp3) is 0.571. The van der Waals surface area contributed by atoms with Crippen molar-refractivity contribution in [2.75, 3.05) is 13.7 Å². The number of aliphatic carboxylic acids is 1. The van der Waals surface area contributed by atoms with Gasteiger partial charge in [-0.2, -0.15) is 0 Å². The van der Waals surface area contributed by atoms with Crippen LogP contribution in [0.4, 0.5) is 0 Å². The molecular formula is C14H19NO4S. The SMILES string of the molecule is COCC(C)(CC(=O)O)NC(=O)c1cc2c(s1)CCC2. The van der Waals surface area contributed by atoms with Gasteiger partial charge in [-0.1, -0.05) is 0 Å². The second-order valence-electron chi connectivity index (χ2n) is 5.43. The van der Waals surface area contributed by atoms with Gasteiger partial charge in [-0.25, -0.2) is 0 Å². The first-order valence-corrected chi connectivity index (χ1v) is 7.40. The Morgan fingerprint density at radius 1 is 1.50 bits per heavy atom. The molecule has 0 fully saturated rings. The van der Waals surface area contributed by atoms with Crippen LogP contribution in [0.5, 0.6) is 0 Å². The molecule has 0 bridgehead atoms. The van der Waals surface area contributed by atoms with Crippen LogP contribution >= 0.6 is 11.3 Å². The number of carboxylic acids is 1. The molecule has 5 nitrogen and oxygen atoms in total. The number of carboxylic acid groups (broad SMARTS) is 1. The van der Waals surface area contributed by atoms with Gasteiger partial charge in [0.25, 0.3) is 5.91 Å². The lowest BCUT2D eigenvalue weighted by molar-refractivity contribution is -0.139. The second kappa shape index (κ2) is 5.93. The summed E-state index contributed by atoms with van der Waals surface area (Å²) in [6, 6.07) is 1.93. The number of nitrogens with one attached hydrogen (secondary N) is 1. The highest BCUT2D eigenvalue weighted by atomic mass is 32.1. The molecule has 0 saturated heterocycles. The van der Waals surface area contributed by atoms with Gasteiger partial charge >= 0.3 is 5.97 Å². The van der Waals surface area contributed by atoms with Gasteiger partial charge < -0.3 is 15.2 Å². The van der Waals surface area contributed by atoms with E-state index in [4.69, 9.17) is 9.84 Å². The van der Waals surface area contributed by atoms with Crippen molar-refractivity contribution >= 4 is 23.2 Å². The zero-order valence-corrected chi connectivity index (χ0v) is 12.5. The van der Waals surface area contributed by atoms with Crippen molar-refractivity contribution in [3.63, 3.8) is 0 Å². The Hall–Kier alpha value is -1.40. The van der Waals surface area contributed by atoms with E-state index in [-0.39, 0.29) is 18.9 Å². The molecule has 1 atom stereocenters. The fourth-order valence-corrected chi connectivity index (χ4v) is 3.71. The number of ether oxygens (including phenoxy) is 1. The zero-order valence-electron chi connectivity index (χ0n) is 11.7. The Kier molecular flexibility index (Phi) is 4.45. The van der Waals surface area contributed by atoms with E-state index in [0.717, 1.165) is 19.3 Å². The summed E-state index contributed by atoms with van der Waals surface area (Å²) in [6.07, 6.45) is 3.06. The van der Waals surface area contributed by atoms with E-state index >= 15 is 0 Å². The van der Waals surface area contributed by atoms with Gasteiger partial charge in [0.1, 0.15) is 0 Å². The normalized spacial score (nSPS) is 16.5. The number of hydrogen-bond acceptors (Lipinski definition) is 4. The van der Waals surface area contributed by atoms with Crippen molar-refractivity contribution in [2.45, 2.75) is 38.1 Å². The monoisotopic (exact) mass is 297 g/mol. The molecule has 0 spiro atoms. The van der Waals surface area contributed by atoms with Gasteiger partial charge in [-0.05, 0) is 37.8 Å². The van der Waals surface area contributed by atoms with Crippen LogP contribution in [0.25, 0.3) is 0 Å². The lowest BCUT2D eigenvalue weighted by atomic mass is 9.99. The van der Waals surface area contributed by atoms with Crippen LogP contribution in [0.2, 0.25) is 0 Å². The molecule has 0 aromatic carbocycles. The number of fused-ring (bicyclic) bond motifs is 1. The molecule has 1 heterocycles. The van der Waals surface area contributed by atoms with Crippen LogP contribution in [0.15, 0.2) is 6.07 Å². The molecule has 20 heavy (non-hydrogen) atoms. The zero-order chi connectivity index (χ0) is 14.8. The Bertz CT molecular complexity index is 504. The number of carbonyl (C=O) groups is 2. The van der Waals surface area contributed by atoms with Crippen LogP contribution in [0, 0.1) is 0 Å². The molecule has 1 unspecified atom stereocenters. The molecule has 0 aliphatic heterocycles. The highest BCUT2D eigenvalue weighted by molar-refractivity contribution is 7.14. The van der Waals surface area contributed by atoms with E-state index in [1.54, 1.807) is 6.92 Å². The van der Waals surface area contributed by atoms with Gasteiger partial charge in [-0.3, -0.25) is 9.59 Å². The summed E-state index contributed by atoms with van der Waals surface area (Å²) in [5.41, 5.74) is 0.360. The smallest absolute Gasteiger partial charge is 0.305 e. The van der Waals surface area contributed by atoms with Crippen molar-refractivity contribution < 1.29 is 19.4 Å². The average molecular weight is 297 g/mol. The fourth-order valence-electron chi connectivity index (χ4n) is 2.56. The molecular weight excluding hydrogens is 278 g/mol. The van der Waals surface area contributed by atoms with Crippen LogP contribution in [0.1, 0.15) is 39.9 Å². The number of aryl methyl sites for hydroxylation is 2. The first-order chi connectivity index (χ1) is 9.43. The van der Waals surface area contributed by atoms with Gasteiger partial charge in [0.2, 0.25) is 0 Å². The topological polar surface area (TPSA) is 75.6 Å². The number of thiophene rings is 1. The minimum Gasteiger partial charge on any atom is -0.481 e. The predicted octanol–water partition coefficient (Wildman–Crippen LogP) is 1.85. The van der Waals surface area contributed by atoms with Crippen molar-refractivity contribution in [1.29, 1.82) is 0 Å². The van der Waals surface area contributed by atoms with Crippen LogP contribution < -0.4 is 5.32 Å². The third-order valence-corrected chi connectivity index (χ3v) is 4.63. The maximum absolute atomic E-state index is 12.3. The number of methoxy groups -OCH3 is 1. The summed E-state index contributed by atoms with van der Waals surface area (Å²) in [5.74, 6) is -1.18. The molecule has 110 valence electrons. The summed E-state index contributed by atoms with van der Waals surface area (Å²) in [4.78, 5) is 25.1. The molecule has 1 aromatic rings. The highest BCUT2D eigenvalue weighted by Crippen LogP contribution is 2.30. The van der Waals surface area contributed by atoms with E-state index in [9.17, 15) is 9.59 Å². The number of carbonyl (C=O) groups excluding carboxylic acids is 1. The van der Waals surface area contributed by atoms with Gasteiger partial charge in [0.05, 0.1) is 23.4 Å². The van der Waals surface area contributed by atoms with Crippen LogP contribution in [-0.2, 0) is 22.4 Å². The van der Waals surface area contributed by atoms with Crippen LogP contribution in [0.3, 0.4) is 0 Å². The minimum absolute atomic E-state index is 0.163. The van der Waals surface area contributed by atoms with E-state index in [0.29, 0.717) is 4.88 Å². The Morgan fingerprint density at radius 3 is 2.85 bits per heavy atom. The average Bonchev–Trinajstić information content (AvgIpc) is 2.86. The van der Waals surface area contributed by atoms with Gasteiger partial charge in [-0.15, -0.1) is 11.3 Å². The maximum Gasteiger partial charge on any atom is 0.305 e. The molecule has 6 heteroatoms. The molecule has 0 saturated carbocycles. The van der Waals surface area contributed by atoms with Gasteiger partial charge in [0, 0.05) is 12.0 Å². The van der Waals surface area contributed by atoms with Crippen molar-refractivity contribution in [3.05, 3.63) is 21.4 Å². The lowest BCUT2D eigenvalue weighted by Gasteiger charge is -2.28. The first-order valence-electron chi connectivity index (χ1n) is 6.58. The molecule has 0 radical (unpaired) electrons. The molecule has 1 aromatic heterocycles. The molecule has 2 rings (SSSR count). The largest absolute Gasteiger partial charge is 0.481 e. The summed E-state index contributed by atoms with van der Waals surface area (Å²) >= 11 is 1.51. The van der Waals surface area contributed by atoms with E-state index < -0.39 is 11.5 Å². The Labute approximate surface area is 121 Å². The van der Waals surface area contributed by atoms with E-state index in [1.807, 2.05) is 6.07 Å². The Balaban J connectivity index is 2.09.